The molecule has 0 saturated heterocycles. The molecule has 0 saturated carbocycles. The molecule has 0 radical (unpaired) electrons. The highest BCUT2D eigenvalue weighted by molar-refractivity contribution is 5.92. The van der Waals surface area contributed by atoms with Gasteiger partial charge < -0.3 is 15.1 Å². The first kappa shape index (κ1) is 20.4. The number of carbonyl (C=O) groups is 1. The summed E-state index contributed by atoms with van der Waals surface area (Å²) in [6.45, 7) is 6.75. The molecule has 1 aromatic carbocycles. The number of benzene rings is 1. The van der Waals surface area contributed by atoms with Crippen LogP contribution in [0.15, 0.2) is 42.6 Å². The molecule has 2 heterocycles. The minimum Gasteiger partial charge on any atom is -0.464 e. The molecule has 2 aromatic heterocycles. The van der Waals surface area contributed by atoms with E-state index >= 15 is 0 Å². The van der Waals surface area contributed by atoms with Gasteiger partial charge in [-0.2, -0.15) is 0 Å². The van der Waals surface area contributed by atoms with Gasteiger partial charge in [-0.15, -0.1) is 0 Å². The fourth-order valence-electron chi connectivity index (χ4n) is 3.39. The Morgan fingerprint density at radius 1 is 1.17 bits per heavy atom. The molecule has 0 atom stereocenters. The summed E-state index contributed by atoms with van der Waals surface area (Å²) in [4.78, 5) is 18.2. The monoisotopic (exact) mass is 391 g/mol. The van der Waals surface area contributed by atoms with Crippen LogP contribution in [-0.4, -0.2) is 46.1 Å². The lowest BCUT2D eigenvalue weighted by Gasteiger charge is -2.19. The van der Waals surface area contributed by atoms with Gasteiger partial charge in [-0.1, -0.05) is 26.7 Å². The van der Waals surface area contributed by atoms with E-state index in [1.807, 2.05) is 69.1 Å². The number of nitrogens with zero attached hydrogens (tertiary/aromatic N) is 3. The van der Waals surface area contributed by atoms with Crippen LogP contribution in [0.2, 0.25) is 0 Å². The number of rotatable bonds is 3. The fourth-order valence-corrected chi connectivity index (χ4v) is 3.39. The number of anilines is 1. The third-order valence-electron chi connectivity index (χ3n) is 4.74. The maximum Gasteiger partial charge on any atom is 0.418 e. The second-order valence-corrected chi connectivity index (χ2v) is 7.91. The summed E-state index contributed by atoms with van der Waals surface area (Å²) in [5, 5.41) is 19.7. The molecule has 0 fully saturated rings. The summed E-state index contributed by atoms with van der Waals surface area (Å²) in [5.41, 5.74) is 3.17. The molecule has 0 spiro atoms. The fraction of sp³-hybridized carbons (Fsp3) is 0.304. The number of pyridine rings is 1. The molecule has 6 nitrogen and oxygen atoms in total. The number of aliphatic hydroxyl groups excluding tert-OH is 1. The van der Waals surface area contributed by atoms with Crippen LogP contribution in [-0.2, 0) is 5.41 Å². The second kappa shape index (κ2) is 7.98. The van der Waals surface area contributed by atoms with E-state index < -0.39 is 6.09 Å². The van der Waals surface area contributed by atoms with E-state index in [0.29, 0.717) is 17.9 Å². The number of likely N-dealkylation sites (N-methyl/N-ethyl adjacent to an activating group) is 1. The van der Waals surface area contributed by atoms with E-state index in [4.69, 9.17) is 5.11 Å². The normalized spacial score (nSPS) is 11.2. The van der Waals surface area contributed by atoms with Crippen LogP contribution in [0.5, 0.6) is 0 Å². The minimum atomic E-state index is -1.10. The van der Waals surface area contributed by atoms with Crippen LogP contribution in [0.1, 0.15) is 37.6 Å². The number of aliphatic hydroxyl groups is 1. The van der Waals surface area contributed by atoms with Crippen molar-refractivity contribution in [2.45, 2.75) is 26.2 Å². The van der Waals surface area contributed by atoms with Crippen molar-refractivity contribution in [3.8, 4) is 11.8 Å². The Kier molecular flexibility index (Phi) is 5.62. The van der Waals surface area contributed by atoms with Gasteiger partial charge in [0, 0.05) is 42.0 Å². The van der Waals surface area contributed by atoms with Crippen LogP contribution in [0, 0.1) is 11.8 Å². The molecule has 150 valence electrons. The molecule has 3 aromatic rings. The standard InChI is InChI=1S/C23H25N3O3/c1-23(2,3)20-18-6-5-13-24-21(18)26(22(28)29)19(20)12-9-16-7-10-17(11-8-16)25(4)14-15-27/h5-8,10-11,13,27H,14-15H2,1-4H3,(H,28,29). The van der Waals surface area contributed by atoms with Crippen molar-refractivity contribution in [3.05, 3.63) is 59.4 Å². The van der Waals surface area contributed by atoms with Crippen LogP contribution in [0.3, 0.4) is 0 Å². The van der Waals surface area contributed by atoms with E-state index in [2.05, 4.69) is 16.8 Å². The average Bonchev–Trinajstić information content (AvgIpc) is 3.01. The highest BCUT2D eigenvalue weighted by Gasteiger charge is 2.28. The maximum atomic E-state index is 12.0. The number of hydrogen-bond donors (Lipinski definition) is 2. The number of fused-ring (bicyclic) bond motifs is 1. The van der Waals surface area contributed by atoms with Crippen molar-refractivity contribution >= 4 is 22.8 Å². The third kappa shape index (κ3) is 4.10. The second-order valence-electron chi connectivity index (χ2n) is 7.91. The lowest BCUT2D eigenvalue weighted by Crippen LogP contribution is -2.20. The molecule has 0 amide bonds. The Hall–Kier alpha value is -3.30. The molecular weight excluding hydrogens is 366 g/mol. The predicted octanol–water partition coefficient (Wildman–Crippen LogP) is 3.69. The first-order valence-corrected chi connectivity index (χ1v) is 9.41. The highest BCUT2D eigenvalue weighted by atomic mass is 16.4. The lowest BCUT2D eigenvalue weighted by molar-refractivity contribution is 0.197. The number of hydrogen-bond acceptors (Lipinski definition) is 4. The van der Waals surface area contributed by atoms with Gasteiger partial charge in [0.2, 0.25) is 0 Å². The molecule has 0 bridgehead atoms. The number of aromatic nitrogens is 2. The first-order valence-electron chi connectivity index (χ1n) is 9.41. The molecule has 0 aliphatic carbocycles. The first-order chi connectivity index (χ1) is 13.7. The summed E-state index contributed by atoms with van der Waals surface area (Å²) in [7, 11) is 1.91. The lowest BCUT2D eigenvalue weighted by atomic mass is 9.85. The van der Waals surface area contributed by atoms with Crippen molar-refractivity contribution in [3.63, 3.8) is 0 Å². The summed E-state index contributed by atoms with van der Waals surface area (Å²) in [6.07, 6.45) is 0.488. The molecule has 2 N–H and O–H groups in total. The van der Waals surface area contributed by atoms with Crippen molar-refractivity contribution in [1.29, 1.82) is 0 Å². The minimum absolute atomic E-state index is 0.0847. The summed E-state index contributed by atoms with van der Waals surface area (Å²) >= 11 is 0. The molecule has 0 aliphatic rings. The van der Waals surface area contributed by atoms with E-state index in [1.165, 1.54) is 4.57 Å². The molecule has 0 aliphatic heterocycles. The van der Waals surface area contributed by atoms with Crippen molar-refractivity contribution < 1.29 is 15.0 Å². The van der Waals surface area contributed by atoms with Crippen LogP contribution in [0.4, 0.5) is 10.5 Å². The summed E-state index contributed by atoms with van der Waals surface area (Å²) in [5.74, 6) is 6.19. The van der Waals surface area contributed by atoms with E-state index in [-0.39, 0.29) is 12.0 Å². The Bertz CT molecular complexity index is 1100. The van der Waals surface area contributed by atoms with Crippen LogP contribution >= 0.6 is 0 Å². The van der Waals surface area contributed by atoms with E-state index in [0.717, 1.165) is 22.2 Å². The van der Waals surface area contributed by atoms with Gasteiger partial charge in [-0.25, -0.2) is 14.3 Å². The average molecular weight is 391 g/mol. The Morgan fingerprint density at radius 2 is 1.86 bits per heavy atom. The molecule has 29 heavy (non-hydrogen) atoms. The van der Waals surface area contributed by atoms with Crippen LogP contribution in [0.25, 0.3) is 11.0 Å². The van der Waals surface area contributed by atoms with Crippen molar-refractivity contribution in [1.82, 2.24) is 9.55 Å². The quantitative estimate of drug-likeness (QED) is 0.666. The molecule has 6 heteroatoms. The zero-order chi connectivity index (χ0) is 21.2. The van der Waals surface area contributed by atoms with Crippen molar-refractivity contribution in [2.24, 2.45) is 0 Å². The molecule has 3 rings (SSSR count). The van der Waals surface area contributed by atoms with Crippen molar-refractivity contribution in [2.75, 3.05) is 25.1 Å². The highest BCUT2D eigenvalue weighted by Crippen LogP contribution is 2.34. The Morgan fingerprint density at radius 3 is 2.45 bits per heavy atom. The van der Waals surface area contributed by atoms with Gasteiger partial charge in [-0.3, -0.25) is 0 Å². The molecular formula is C23H25N3O3. The van der Waals surface area contributed by atoms with Crippen LogP contribution < -0.4 is 4.90 Å². The zero-order valence-corrected chi connectivity index (χ0v) is 17.1. The van der Waals surface area contributed by atoms with Gasteiger partial charge in [0.05, 0.1) is 6.61 Å². The van der Waals surface area contributed by atoms with Gasteiger partial charge in [0.1, 0.15) is 5.69 Å². The SMILES string of the molecule is CN(CCO)c1ccc(C#Cc2c(C(C)(C)C)c3cccnc3n2C(=O)O)cc1. The number of carboxylic acid groups (broad SMARTS) is 1. The molecule has 0 unspecified atom stereocenters. The Labute approximate surface area is 170 Å². The smallest absolute Gasteiger partial charge is 0.418 e. The summed E-state index contributed by atoms with van der Waals surface area (Å²) in [6, 6.07) is 11.3. The maximum absolute atomic E-state index is 12.0. The Balaban J connectivity index is 2.12. The van der Waals surface area contributed by atoms with Gasteiger partial charge in [0.15, 0.2) is 5.65 Å². The largest absolute Gasteiger partial charge is 0.464 e. The van der Waals surface area contributed by atoms with Gasteiger partial charge in [-0.05, 0) is 47.7 Å². The summed E-state index contributed by atoms with van der Waals surface area (Å²) < 4.78 is 1.17. The third-order valence-corrected chi connectivity index (χ3v) is 4.74. The topological polar surface area (TPSA) is 78.6 Å². The van der Waals surface area contributed by atoms with Gasteiger partial charge >= 0.3 is 6.09 Å². The van der Waals surface area contributed by atoms with Gasteiger partial charge in [0.25, 0.3) is 0 Å². The van der Waals surface area contributed by atoms with E-state index in [1.54, 1.807) is 6.20 Å². The predicted molar refractivity (Wildman–Crippen MR) is 115 cm³/mol. The zero-order valence-electron chi connectivity index (χ0n) is 17.1. The van der Waals surface area contributed by atoms with E-state index in [9.17, 15) is 9.90 Å².